The first kappa shape index (κ1) is 18.5. The van der Waals surface area contributed by atoms with Gasteiger partial charge in [-0.15, -0.1) is 0 Å². The van der Waals surface area contributed by atoms with Crippen LogP contribution in [0.1, 0.15) is 84.5 Å². The number of aryl methyl sites for hydroxylation is 1. The first-order chi connectivity index (χ1) is 12.7. The Labute approximate surface area is 160 Å². The molecule has 0 amide bonds. The van der Waals surface area contributed by atoms with Crippen LogP contribution in [0.5, 0.6) is 0 Å². The molecule has 0 saturated heterocycles. The molecule has 4 saturated carbocycles. The lowest BCUT2D eigenvalue weighted by molar-refractivity contribution is -0.152. The monoisotopic (exact) mass is 371 g/mol. The van der Waals surface area contributed by atoms with Gasteiger partial charge in [-0.1, -0.05) is 0 Å². The van der Waals surface area contributed by atoms with Gasteiger partial charge < -0.3 is 9.72 Å². The number of carbonyl (C=O) groups excluding carboxylic acids is 3. The van der Waals surface area contributed by atoms with Crippen molar-refractivity contribution in [3.05, 3.63) is 22.5 Å². The Morgan fingerprint density at radius 2 is 1.56 bits per heavy atom. The zero-order valence-corrected chi connectivity index (χ0v) is 16.7. The molecule has 0 radical (unpaired) electrons. The molecule has 5 nitrogen and oxygen atoms in total. The summed E-state index contributed by atoms with van der Waals surface area (Å²) in [5, 5.41) is 0. The van der Waals surface area contributed by atoms with Gasteiger partial charge in [0.25, 0.3) is 0 Å². The van der Waals surface area contributed by atoms with Crippen LogP contribution >= 0.6 is 0 Å². The molecule has 4 aliphatic rings. The third kappa shape index (κ3) is 2.95. The molecule has 1 atom stereocenters. The van der Waals surface area contributed by atoms with Crippen LogP contribution in [0.25, 0.3) is 0 Å². The number of hydrogen-bond donors (Lipinski definition) is 1. The van der Waals surface area contributed by atoms with Gasteiger partial charge in [-0.3, -0.25) is 9.59 Å². The largest absolute Gasteiger partial charge is 0.450 e. The van der Waals surface area contributed by atoms with Crippen molar-refractivity contribution in [3.63, 3.8) is 0 Å². The first-order valence-electron chi connectivity index (χ1n) is 10.2. The molecule has 0 unspecified atom stereocenters. The molecule has 0 aromatic carbocycles. The number of ketones is 2. The quantitative estimate of drug-likeness (QED) is 0.623. The average molecular weight is 371 g/mol. The topological polar surface area (TPSA) is 76.2 Å². The SMILES string of the molecule is CC(=O)c1c(C)[nH]c(C(=O)O[C@@H](C)C(=O)C23CC4CC(CC(C4)C2)C3)c1C. The molecule has 4 aliphatic carbocycles. The van der Waals surface area contributed by atoms with Gasteiger partial charge in [-0.25, -0.2) is 4.79 Å². The maximum atomic E-state index is 13.3. The number of aromatic amines is 1. The molecule has 4 bridgehead atoms. The summed E-state index contributed by atoms with van der Waals surface area (Å²) in [7, 11) is 0. The van der Waals surface area contributed by atoms with Crippen molar-refractivity contribution in [1.82, 2.24) is 4.98 Å². The molecule has 0 aliphatic heterocycles. The molecular formula is C22H29NO4. The van der Waals surface area contributed by atoms with Gasteiger partial charge in [0.1, 0.15) is 5.69 Å². The number of hydrogen-bond acceptors (Lipinski definition) is 4. The third-order valence-corrected chi connectivity index (χ3v) is 7.21. The molecule has 4 fully saturated rings. The number of carbonyl (C=O) groups is 3. The number of rotatable bonds is 5. The van der Waals surface area contributed by atoms with E-state index in [1.165, 1.54) is 26.2 Å². The van der Waals surface area contributed by atoms with E-state index in [0.717, 1.165) is 19.3 Å². The number of nitrogens with one attached hydrogen (secondary N) is 1. The van der Waals surface area contributed by atoms with E-state index in [-0.39, 0.29) is 22.7 Å². The Balaban J connectivity index is 1.50. The third-order valence-electron chi connectivity index (χ3n) is 7.21. The predicted molar refractivity (Wildman–Crippen MR) is 101 cm³/mol. The minimum absolute atomic E-state index is 0.0852. The van der Waals surface area contributed by atoms with E-state index in [9.17, 15) is 14.4 Å². The van der Waals surface area contributed by atoms with E-state index in [2.05, 4.69) is 4.98 Å². The summed E-state index contributed by atoms with van der Waals surface area (Å²) >= 11 is 0. The Morgan fingerprint density at radius 1 is 1.04 bits per heavy atom. The normalized spacial score (nSPS) is 32.4. The molecule has 1 N–H and O–H groups in total. The van der Waals surface area contributed by atoms with Gasteiger partial charge in [-0.05, 0) is 89.5 Å². The fourth-order valence-corrected chi connectivity index (χ4v) is 6.60. The van der Waals surface area contributed by atoms with Crippen molar-refractivity contribution in [1.29, 1.82) is 0 Å². The summed E-state index contributed by atoms with van der Waals surface area (Å²) in [6.45, 7) is 6.69. The Bertz CT molecular complexity index is 783. The van der Waals surface area contributed by atoms with Crippen molar-refractivity contribution >= 4 is 17.5 Å². The van der Waals surface area contributed by atoms with Crippen LogP contribution in [0, 0.1) is 37.0 Å². The lowest BCUT2D eigenvalue weighted by Crippen LogP contribution is -2.52. The lowest BCUT2D eigenvalue weighted by atomic mass is 9.48. The van der Waals surface area contributed by atoms with E-state index in [0.29, 0.717) is 34.6 Å². The van der Waals surface area contributed by atoms with Crippen LogP contribution in [0.4, 0.5) is 0 Å². The van der Waals surface area contributed by atoms with Gasteiger partial charge in [0.15, 0.2) is 17.7 Å². The Kier molecular flexibility index (Phi) is 4.32. The summed E-state index contributed by atoms with van der Waals surface area (Å²) in [5.41, 5.74) is 1.79. The van der Waals surface area contributed by atoms with Gasteiger partial charge in [0, 0.05) is 16.7 Å². The summed E-state index contributed by atoms with van der Waals surface area (Å²) in [6, 6.07) is 0. The minimum atomic E-state index is -0.752. The molecule has 5 heteroatoms. The number of ether oxygens (including phenoxy) is 1. The van der Waals surface area contributed by atoms with Crippen molar-refractivity contribution in [2.45, 2.75) is 72.3 Å². The summed E-state index contributed by atoms with van der Waals surface area (Å²) < 4.78 is 5.59. The fourth-order valence-electron chi connectivity index (χ4n) is 6.60. The lowest BCUT2D eigenvalue weighted by Gasteiger charge is -2.56. The minimum Gasteiger partial charge on any atom is -0.450 e. The molecule has 146 valence electrons. The van der Waals surface area contributed by atoms with E-state index in [4.69, 9.17) is 4.74 Å². The van der Waals surface area contributed by atoms with Crippen LogP contribution in [0.3, 0.4) is 0 Å². The highest BCUT2D eigenvalue weighted by Gasteiger charge is 2.55. The zero-order chi connectivity index (χ0) is 19.5. The number of aromatic nitrogens is 1. The average Bonchev–Trinajstić information content (AvgIpc) is 2.87. The molecule has 1 heterocycles. The van der Waals surface area contributed by atoms with Crippen LogP contribution < -0.4 is 0 Å². The van der Waals surface area contributed by atoms with Crippen LogP contribution in [0.15, 0.2) is 0 Å². The number of esters is 1. The predicted octanol–water partition coefficient (Wildman–Crippen LogP) is 4.16. The van der Waals surface area contributed by atoms with Crippen molar-refractivity contribution < 1.29 is 19.1 Å². The first-order valence-corrected chi connectivity index (χ1v) is 10.2. The second-order valence-corrected chi connectivity index (χ2v) is 9.29. The highest BCUT2D eigenvalue weighted by atomic mass is 16.5. The van der Waals surface area contributed by atoms with Crippen LogP contribution in [0.2, 0.25) is 0 Å². The van der Waals surface area contributed by atoms with E-state index in [1.807, 2.05) is 0 Å². The van der Waals surface area contributed by atoms with Crippen molar-refractivity contribution in [3.8, 4) is 0 Å². The summed E-state index contributed by atoms with van der Waals surface area (Å²) in [6.07, 6.45) is 5.97. The fraction of sp³-hybridized carbons (Fsp3) is 0.682. The molecular weight excluding hydrogens is 342 g/mol. The zero-order valence-electron chi connectivity index (χ0n) is 16.7. The summed E-state index contributed by atoms with van der Waals surface area (Å²) in [4.78, 5) is 40.7. The molecule has 1 aromatic rings. The molecule has 27 heavy (non-hydrogen) atoms. The highest BCUT2D eigenvalue weighted by molar-refractivity contribution is 6.01. The van der Waals surface area contributed by atoms with E-state index >= 15 is 0 Å². The second kappa shape index (κ2) is 6.32. The molecule has 1 aromatic heterocycles. The maximum absolute atomic E-state index is 13.3. The van der Waals surface area contributed by atoms with E-state index in [1.54, 1.807) is 20.8 Å². The number of H-pyrrole nitrogens is 1. The molecule has 0 spiro atoms. The second-order valence-electron chi connectivity index (χ2n) is 9.29. The number of Topliss-reactive ketones (excluding diaryl/α,β-unsaturated/α-hetero) is 2. The smallest absolute Gasteiger partial charge is 0.355 e. The van der Waals surface area contributed by atoms with E-state index < -0.39 is 12.1 Å². The summed E-state index contributed by atoms with van der Waals surface area (Å²) in [5.74, 6) is 1.49. The van der Waals surface area contributed by atoms with Crippen LogP contribution in [-0.4, -0.2) is 28.6 Å². The van der Waals surface area contributed by atoms with Gasteiger partial charge in [-0.2, -0.15) is 0 Å². The molecule has 5 rings (SSSR count). The van der Waals surface area contributed by atoms with Gasteiger partial charge in [0.2, 0.25) is 0 Å². The highest BCUT2D eigenvalue weighted by Crippen LogP contribution is 2.60. The van der Waals surface area contributed by atoms with Crippen molar-refractivity contribution in [2.24, 2.45) is 23.2 Å². The Hall–Kier alpha value is -1.91. The van der Waals surface area contributed by atoms with Crippen LogP contribution in [-0.2, 0) is 9.53 Å². The Morgan fingerprint density at radius 3 is 2.00 bits per heavy atom. The maximum Gasteiger partial charge on any atom is 0.355 e. The standard InChI is InChI=1S/C22H29NO4/c1-11-18(13(3)24)12(2)23-19(11)21(26)27-14(4)20(25)22-8-15-5-16(9-22)7-17(6-15)10-22/h14-17,23H,5-10H2,1-4H3/t14-,15?,16?,17?,22?/m0/s1. The van der Waals surface area contributed by atoms with Crippen molar-refractivity contribution in [2.75, 3.05) is 0 Å². The van der Waals surface area contributed by atoms with Gasteiger partial charge >= 0.3 is 5.97 Å². The van der Waals surface area contributed by atoms with Gasteiger partial charge in [0.05, 0.1) is 0 Å².